The predicted molar refractivity (Wildman–Crippen MR) is 109 cm³/mol. The van der Waals surface area contributed by atoms with E-state index in [1.54, 1.807) is 29.9 Å². The number of nitrogens with zero attached hydrogens (tertiary/aromatic N) is 2. The number of aryl methyl sites for hydroxylation is 3. The highest BCUT2D eigenvalue weighted by Crippen LogP contribution is 2.40. The molecule has 1 heterocycles. The number of carbonyl (C=O) groups is 1. The maximum absolute atomic E-state index is 12.5. The Labute approximate surface area is 168 Å². The highest BCUT2D eigenvalue weighted by Gasteiger charge is 2.21. The Morgan fingerprint density at radius 3 is 2.41 bits per heavy atom. The highest BCUT2D eigenvalue weighted by atomic mass is 35.5. The lowest BCUT2D eigenvalue weighted by molar-refractivity contribution is 0.0915. The van der Waals surface area contributed by atoms with Crippen molar-refractivity contribution >= 4 is 29.0 Å². The molecule has 0 aliphatic heterocycles. The van der Waals surface area contributed by atoms with Crippen LogP contribution in [0.25, 0.3) is 11.1 Å². The van der Waals surface area contributed by atoms with Gasteiger partial charge in [0.15, 0.2) is 12.4 Å². The van der Waals surface area contributed by atoms with E-state index in [0.717, 1.165) is 27.9 Å². The topological polar surface area (TPSA) is 44.1 Å². The van der Waals surface area contributed by atoms with Gasteiger partial charge in [-0.1, -0.05) is 59.1 Å². The van der Waals surface area contributed by atoms with Crippen LogP contribution in [0, 0.1) is 20.8 Å². The summed E-state index contributed by atoms with van der Waals surface area (Å²) in [5.41, 5.74) is 4.81. The fraction of sp³-hybridized carbons (Fsp3) is 0.238. The molecule has 0 fully saturated rings. The number of aromatic nitrogens is 2. The largest absolute Gasteiger partial charge is 0.469 e. The first-order valence-electron chi connectivity index (χ1n) is 8.50. The maximum Gasteiger partial charge on any atom is 0.220 e. The third-order valence-electron chi connectivity index (χ3n) is 4.47. The van der Waals surface area contributed by atoms with Crippen LogP contribution in [0.4, 0.5) is 0 Å². The highest BCUT2D eigenvalue weighted by molar-refractivity contribution is 6.37. The van der Waals surface area contributed by atoms with E-state index in [4.69, 9.17) is 27.9 Å². The Kier molecular flexibility index (Phi) is 5.59. The normalized spacial score (nSPS) is 10.9. The molecule has 0 saturated carbocycles. The van der Waals surface area contributed by atoms with Crippen LogP contribution in [0.3, 0.4) is 0 Å². The number of rotatable bonds is 5. The van der Waals surface area contributed by atoms with Crippen LogP contribution in [0.1, 0.15) is 27.2 Å². The van der Waals surface area contributed by atoms with Gasteiger partial charge in [-0.3, -0.25) is 4.79 Å². The molecule has 0 amide bonds. The first-order valence-corrected chi connectivity index (χ1v) is 9.26. The van der Waals surface area contributed by atoms with Gasteiger partial charge >= 0.3 is 0 Å². The van der Waals surface area contributed by atoms with Crippen molar-refractivity contribution < 1.29 is 9.53 Å². The van der Waals surface area contributed by atoms with Crippen molar-refractivity contribution in [2.75, 3.05) is 6.61 Å². The van der Waals surface area contributed by atoms with Gasteiger partial charge < -0.3 is 4.74 Å². The fourth-order valence-corrected chi connectivity index (χ4v) is 3.39. The molecule has 0 aliphatic rings. The van der Waals surface area contributed by atoms with E-state index in [1.807, 2.05) is 39.0 Å². The van der Waals surface area contributed by atoms with E-state index in [1.165, 1.54) is 0 Å². The van der Waals surface area contributed by atoms with E-state index in [-0.39, 0.29) is 12.4 Å². The second-order valence-corrected chi connectivity index (χ2v) is 7.29. The smallest absolute Gasteiger partial charge is 0.220 e. The lowest BCUT2D eigenvalue weighted by Gasteiger charge is -2.12. The standard InChI is InChI=1S/C21H20Cl2N2O2/c1-12-5-7-15(8-6-12)18(26)11-27-21-19(14(3)24-25(21)4)16-9-10-17(22)13(2)20(16)23/h5-10H,11H2,1-4H3. The van der Waals surface area contributed by atoms with Crippen molar-refractivity contribution in [3.8, 4) is 17.0 Å². The number of ether oxygens (including phenoxy) is 1. The average molecular weight is 403 g/mol. The van der Waals surface area contributed by atoms with Crippen LogP contribution in [-0.4, -0.2) is 22.2 Å². The fourth-order valence-electron chi connectivity index (χ4n) is 2.92. The Morgan fingerprint density at radius 2 is 1.74 bits per heavy atom. The first-order chi connectivity index (χ1) is 12.8. The first kappa shape index (κ1) is 19.5. The molecule has 0 saturated heterocycles. The molecule has 27 heavy (non-hydrogen) atoms. The number of Topliss-reactive ketones (excluding diaryl/α,β-unsaturated/α-hetero) is 1. The quantitative estimate of drug-likeness (QED) is 0.523. The van der Waals surface area contributed by atoms with Crippen LogP contribution in [-0.2, 0) is 7.05 Å². The summed E-state index contributed by atoms with van der Waals surface area (Å²) in [7, 11) is 1.78. The molecule has 3 rings (SSSR count). The Bertz CT molecular complexity index is 1010. The van der Waals surface area contributed by atoms with Gasteiger partial charge in [0.05, 0.1) is 16.3 Å². The van der Waals surface area contributed by atoms with Gasteiger partial charge in [-0.2, -0.15) is 5.10 Å². The van der Waals surface area contributed by atoms with Gasteiger partial charge in [-0.05, 0) is 32.4 Å². The molecule has 0 unspecified atom stereocenters. The number of benzene rings is 2. The van der Waals surface area contributed by atoms with Crippen LogP contribution in [0.2, 0.25) is 10.0 Å². The third-order valence-corrected chi connectivity index (χ3v) is 5.37. The van der Waals surface area contributed by atoms with Crippen molar-refractivity contribution in [1.29, 1.82) is 0 Å². The molecule has 1 aromatic heterocycles. The molecule has 0 spiro atoms. The zero-order valence-corrected chi connectivity index (χ0v) is 17.1. The van der Waals surface area contributed by atoms with Crippen molar-refractivity contribution in [2.24, 2.45) is 7.05 Å². The SMILES string of the molecule is Cc1ccc(C(=O)COc2c(-c3ccc(Cl)c(C)c3Cl)c(C)nn2C)cc1. The second-order valence-electron chi connectivity index (χ2n) is 6.50. The van der Waals surface area contributed by atoms with Crippen LogP contribution < -0.4 is 4.74 Å². The van der Waals surface area contributed by atoms with Crippen LogP contribution >= 0.6 is 23.2 Å². The summed E-state index contributed by atoms with van der Waals surface area (Å²) in [6.45, 7) is 5.64. The van der Waals surface area contributed by atoms with E-state index < -0.39 is 0 Å². The summed E-state index contributed by atoms with van der Waals surface area (Å²) in [4.78, 5) is 12.5. The Hall–Kier alpha value is -2.30. The molecule has 3 aromatic rings. The van der Waals surface area contributed by atoms with Crippen LogP contribution in [0.5, 0.6) is 5.88 Å². The van der Waals surface area contributed by atoms with Crippen molar-refractivity contribution in [2.45, 2.75) is 20.8 Å². The van der Waals surface area contributed by atoms with Gasteiger partial charge in [-0.15, -0.1) is 0 Å². The van der Waals surface area contributed by atoms with Crippen molar-refractivity contribution in [3.63, 3.8) is 0 Å². The predicted octanol–water partition coefficient (Wildman–Crippen LogP) is 5.58. The van der Waals surface area contributed by atoms with E-state index in [2.05, 4.69) is 5.10 Å². The Balaban J connectivity index is 1.92. The monoisotopic (exact) mass is 402 g/mol. The van der Waals surface area contributed by atoms with Gasteiger partial charge in [0, 0.05) is 23.2 Å². The number of ketones is 1. The Morgan fingerprint density at radius 1 is 1.07 bits per heavy atom. The van der Waals surface area contributed by atoms with Gasteiger partial charge in [-0.25, -0.2) is 4.68 Å². The molecule has 140 valence electrons. The summed E-state index contributed by atoms with van der Waals surface area (Å²) in [5, 5.41) is 5.58. The summed E-state index contributed by atoms with van der Waals surface area (Å²) in [6, 6.07) is 11.1. The van der Waals surface area contributed by atoms with Gasteiger partial charge in [0.1, 0.15) is 0 Å². The number of carbonyl (C=O) groups excluding carboxylic acids is 1. The zero-order chi connectivity index (χ0) is 19.7. The molecule has 0 bridgehead atoms. The minimum atomic E-state index is -0.0989. The molecular weight excluding hydrogens is 383 g/mol. The van der Waals surface area contributed by atoms with Gasteiger partial charge in [0.25, 0.3) is 0 Å². The summed E-state index contributed by atoms with van der Waals surface area (Å²) in [5.74, 6) is 0.398. The molecule has 2 aromatic carbocycles. The molecule has 4 nitrogen and oxygen atoms in total. The lowest BCUT2D eigenvalue weighted by atomic mass is 10.0. The molecule has 0 atom stereocenters. The van der Waals surface area contributed by atoms with Gasteiger partial charge in [0.2, 0.25) is 5.88 Å². The van der Waals surface area contributed by atoms with Crippen molar-refractivity contribution in [3.05, 3.63) is 68.8 Å². The number of halogens is 2. The maximum atomic E-state index is 12.5. The summed E-state index contributed by atoms with van der Waals surface area (Å²) >= 11 is 12.7. The molecule has 0 aliphatic carbocycles. The lowest BCUT2D eigenvalue weighted by Crippen LogP contribution is -2.13. The number of hydrogen-bond acceptors (Lipinski definition) is 3. The minimum Gasteiger partial charge on any atom is -0.469 e. The number of hydrogen-bond donors (Lipinski definition) is 0. The molecule has 0 radical (unpaired) electrons. The van der Waals surface area contributed by atoms with E-state index in [9.17, 15) is 4.79 Å². The van der Waals surface area contributed by atoms with Crippen LogP contribution in [0.15, 0.2) is 36.4 Å². The average Bonchev–Trinajstić information content (AvgIpc) is 2.92. The second kappa shape index (κ2) is 7.75. The molecule has 0 N–H and O–H groups in total. The molecule has 6 heteroatoms. The molecular formula is C21H20Cl2N2O2. The summed E-state index contributed by atoms with van der Waals surface area (Å²) < 4.78 is 7.49. The van der Waals surface area contributed by atoms with Crippen molar-refractivity contribution in [1.82, 2.24) is 9.78 Å². The summed E-state index contributed by atoms with van der Waals surface area (Å²) in [6.07, 6.45) is 0. The minimum absolute atomic E-state index is 0.0841. The third kappa shape index (κ3) is 3.87. The zero-order valence-electron chi connectivity index (χ0n) is 15.6. The van der Waals surface area contributed by atoms with E-state index in [0.29, 0.717) is 21.5 Å². The van der Waals surface area contributed by atoms with E-state index >= 15 is 0 Å².